The smallest absolute Gasteiger partial charge is 0.308 e. The molecular formula is C19H22O2Si. The van der Waals surface area contributed by atoms with Gasteiger partial charge in [0.25, 0.3) is 0 Å². The summed E-state index contributed by atoms with van der Waals surface area (Å²) in [5.41, 5.74) is 1.88. The van der Waals surface area contributed by atoms with E-state index in [-0.39, 0.29) is 5.41 Å². The molecule has 2 nitrogen and oxygen atoms in total. The van der Waals surface area contributed by atoms with Gasteiger partial charge in [-0.3, -0.25) is 4.79 Å². The van der Waals surface area contributed by atoms with E-state index >= 15 is 0 Å². The fourth-order valence-corrected chi connectivity index (χ4v) is 7.15. The van der Waals surface area contributed by atoms with E-state index in [1.165, 1.54) is 0 Å². The molecule has 0 radical (unpaired) electrons. The molecule has 2 aromatic carbocycles. The molecule has 0 bridgehead atoms. The Morgan fingerprint density at radius 2 is 1.32 bits per heavy atom. The maximum atomic E-state index is 12.3. The molecule has 1 saturated carbocycles. The molecule has 22 heavy (non-hydrogen) atoms. The molecule has 0 aliphatic heterocycles. The van der Waals surface area contributed by atoms with Gasteiger partial charge in [0, 0.05) is 5.41 Å². The van der Waals surface area contributed by atoms with Crippen molar-refractivity contribution >= 4 is 14.0 Å². The fraction of sp³-hybridized carbons (Fsp3) is 0.316. The van der Waals surface area contributed by atoms with Gasteiger partial charge in [0.15, 0.2) is 0 Å². The minimum absolute atomic E-state index is 0.383. The van der Waals surface area contributed by atoms with Crippen molar-refractivity contribution in [3.63, 3.8) is 0 Å². The summed E-state index contributed by atoms with van der Waals surface area (Å²) < 4.78 is 0. The van der Waals surface area contributed by atoms with Crippen LogP contribution in [0.3, 0.4) is 0 Å². The van der Waals surface area contributed by atoms with Crippen LogP contribution in [-0.4, -0.2) is 19.1 Å². The van der Waals surface area contributed by atoms with Gasteiger partial charge in [0.1, 0.15) is 0 Å². The summed E-state index contributed by atoms with van der Waals surface area (Å²) in [6.07, 6.45) is 0.707. The Morgan fingerprint density at radius 3 is 1.59 bits per heavy atom. The molecule has 0 unspecified atom stereocenters. The zero-order chi connectivity index (χ0) is 16.0. The first-order valence-corrected chi connectivity index (χ1v) is 11.2. The molecule has 0 heterocycles. The van der Waals surface area contributed by atoms with Gasteiger partial charge in [-0.1, -0.05) is 80.3 Å². The second-order valence-corrected chi connectivity index (χ2v) is 12.6. The summed E-state index contributed by atoms with van der Waals surface area (Å²) in [4.78, 5) is 12.3. The van der Waals surface area contributed by atoms with Crippen LogP contribution in [0.5, 0.6) is 0 Å². The lowest BCUT2D eigenvalue weighted by molar-refractivity contribution is -0.138. The van der Waals surface area contributed by atoms with Gasteiger partial charge in [-0.25, -0.2) is 0 Å². The number of hydrogen-bond acceptors (Lipinski definition) is 1. The van der Waals surface area contributed by atoms with E-state index < -0.39 is 19.1 Å². The molecule has 0 saturated heterocycles. The molecule has 0 aromatic heterocycles. The standard InChI is InChI=1S/C19H22O2Si/c1-22(2,3)19(17(20)21)14-18(19,15-10-6-4-7-11-15)16-12-8-5-9-13-16/h4-13H,14H2,1-3H3,(H,20,21)/t19-/m1/s1. The third kappa shape index (κ3) is 1.81. The molecule has 2 aromatic rings. The highest BCUT2D eigenvalue weighted by Crippen LogP contribution is 2.77. The van der Waals surface area contributed by atoms with Crippen LogP contribution in [0.15, 0.2) is 60.7 Å². The fourth-order valence-electron chi connectivity index (χ4n) is 4.15. The van der Waals surface area contributed by atoms with Crippen molar-refractivity contribution in [3.8, 4) is 0 Å². The van der Waals surface area contributed by atoms with Crippen LogP contribution >= 0.6 is 0 Å². The van der Waals surface area contributed by atoms with E-state index in [1.54, 1.807) is 0 Å². The van der Waals surface area contributed by atoms with Gasteiger partial charge in [-0.15, -0.1) is 0 Å². The zero-order valence-electron chi connectivity index (χ0n) is 13.3. The van der Waals surface area contributed by atoms with Crippen LogP contribution < -0.4 is 0 Å². The van der Waals surface area contributed by atoms with Gasteiger partial charge >= 0.3 is 5.97 Å². The Bertz CT molecular complexity index is 649. The van der Waals surface area contributed by atoms with Crippen molar-refractivity contribution in [3.05, 3.63) is 71.8 Å². The zero-order valence-corrected chi connectivity index (χ0v) is 14.3. The van der Waals surface area contributed by atoms with Gasteiger partial charge in [-0.2, -0.15) is 0 Å². The van der Waals surface area contributed by atoms with Crippen molar-refractivity contribution in [2.45, 2.75) is 36.5 Å². The Hall–Kier alpha value is -1.87. The van der Waals surface area contributed by atoms with Crippen molar-refractivity contribution < 1.29 is 9.90 Å². The topological polar surface area (TPSA) is 37.3 Å². The van der Waals surface area contributed by atoms with E-state index in [0.29, 0.717) is 6.42 Å². The minimum Gasteiger partial charge on any atom is -0.481 e. The number of rotatable bonds is 4. The van der Waals surface area contributed by atoms with E-state index in [9.17, 15) is 9.90 Å². The SMILES string of the molecule is C[Si](C)(C)[C@@]1(C(=O)O)CC1(c1ccccc1)c1ccccc1. The van der Waals surface area contributed by atoms with Crippen molar-refractivity contribution in [2.75, 3.05) is 0 Å². The number of benzene rings is 2. The normalized spacial score (nSPS) is 23.0. The van der Waals surface area contributed by atoms with Crippen LogP contribution in [0.2, 0.25) is 24.7 Å². The maximum Gasteiger partial charge on any atom is 0.308 e. The highest BCUT2D eigenvalue weighted by molar-refractivity contribution is 6.84. The van der Waals surface area contributed by atoms with Crippen molar-refractivity contribution in [2.24, 2.45) is 0 Å². The molecule has 1 atom stereocenters. The van der Waals surface area contributed by atoms with Gasteiger partial charge in [-0.05, 0) is 17.5 Å². The average Bonchev–Trinajstić information content (AvgIpc) is 3.22. The lowest BCUT2D eigenvalue weighted by Gasteiger charge is -2.32. The maximum absolute atomic E-state index is 12.3. The summed E-state index contributed by atoms with van der Waals surface area (Å²) in [5, 5.41) is 9.50. The van der Waals surface area contributed by atoms with Crippen molar-refractivity contribution in [1.29, 1.82) is 0 Å². The number of aliphatic carboxylic acids is 1. The highest BCUT2D eigenvalue weighted by Gasteiger charge is 2.78. The first kappa shape index (κ1) is 15.0. The van der Waals surface area contributed by atoms with Gasteiger partial charge in [0.05, 0.1) is 13.1 Å². The molecule has 1 aliphatic carbocycles. The van der Waals surface area contributed by atoms with Crippen LogP contribution in [0, 0.1) is 0 Å². The van der Waals surface area contributed by atoms with Crippen LogP contribution in [-0.2, 0) is 10.2 Å². The quantitative estimate of drug-likeness (QED) is 0.842. The summed E-state index contributed by atoms with van der Waals surface area (Å²) in [6, 6.07) is 20.3. The van der Waals surface area contributed by atoms with Gasteiger partial charge in [0.2, 0.25) is 0 Å². The first-order chi connectivity index (χ1) is 10.4. The van der Waals surface area contributed by atoms with E-state index in [2.05, 4.69) is 43.9 Å². The lowest BCUT2D eigenvalue weighted by Crippen LogP contribution is -2.41. The second-order valence-electron chi connectivity index (χ2n) is 7.27. The number of carboxylic acid groups (broad SMARTS) is 1. The average molecular weight is 310 g/mol. The second kappa shape index (κ2) is 4.82. The number of hydrogen-bond donors (Lipinski definition) is 1. The monoisotopic (exact) mass is 310 g/mol. The molecule has 114 valence electrons. The molecule has 1 fully saturated rings. The number of carbonyl (C=O) groups is 1. The lowest BCUT2D eigenvalue weighted by atomic mass is 9.85. The van der Waals surface area contributed by atoms with E-state index in [4.69, 9.17) is 0 Å². The van der Waals surface area contributed by atoms with E-state index in [1.807, 2.05) is 36.4 Å². The first-order valence-electron chi connectivity index (χ1n) is 7.71. The Morgan fingerprint density at radius 1 is 0.909 bits per heavy atom. The van der Waals surface area contributed by atoms with Crippen LogP contribution in [0.1, 0.15) is 17.5 Å². The Kier molecular flexibility index (Phi) is 3.29. The molecule has 1 N–H and O–H groups in total. The van der Waals surface area contributed by atoms with Gasteiger partial charge < -0.3 is 5.11 Å². The molecule has 3 rings (SSSR count). The summed E-state index contributed by atoms with van der Waals surface area (Å²) in [6.45, 7) is 6.53. The highest BCUT2D eigenvalue weighted by atomic mass is 28.3. The summed E-state index contributed by atoms with van der Waals surface area (Å²) in [7, 11) is -1.94. The predicted molar refractivity (Wildman–Crippen MR) is 92.0 cm³/mol. The Balaban J connectivity index is 2.27. The molecule has 3 heteroatoms. The van der Waals surface area contributed by atoms with Crippen LogP contribution in [0.25, 0.3) is 0 Å². The van der Waals surface area contributed by atoms with E-state index in [0.717, 1.165) is 11.1 Å². The third-order valence-electron chi connectivity index (χ3n) is 5.31. The Labute approximate surface area is 132 Å². The summed E-state index contributed by atoms with van der Waals surface area (Å²) in [5.74, 6) is -0.639. The molecule has 0 amide bonds. The molecule has 1 aliphatic rings. The molecule has 0 spiro atoms. The van der Waals surface area contributed by atoms with Crippen molar-refractivity contribution in [1.82, 2.24) is 0 Å². The molecular weight excluding hydrogens is 288 g/mol. The third-order valence-corrected chi connectivity index (χ3v) is 8.69. The summed E-state index contributed by atoms with van der Waals surface area (Å²) >= 11 is 0. The predicted octanol–water partition coefficient (Wildman–Crippen LogP) is 4.54. The van der Waals surface area contributed by atoms with Crippen LogP contribution in [0.4, 0.5) is 0 Å². The minimum atomic E-state index is -1.94. The number of carboxylic acids is 1. The largest absolute Gasteiger partial charge is 0.481 e.